The normalized spacial score (nSPS) is 10.5. The number of phenolic OH excluding ortho intramolecular Hbond substituents is 1. The van der Waals surface area contributed by atoms with Crippen molar-refractivity contribution in [1.29, 1.82) is 0 Å². The standard InChI is InChI=1S/C11H7Cl2N3O3.Li/c12-6-1-5(9(17)7(13)2-6)3-14-8-4-15-11(19)16-10(8)18;/h1-4,17H,(H2,15,16,18,19);/q;+1. The molecule has 2 aromatic rings. The number of nitrogens with one attached hydrogen (secondary N) is 2. The molecule has 0 aliphatic heterocycles. The molecule has 2 rings (SSSR count). The summed E-state index contributed by atoms with van der Waals surface area (Å²) in [4.78, 5) is 30.3. The Bertz CT molecular complexity index is 770. The van der Waals surface area contributed by atoms with Gasteiger partial charge in [0.1, 0.15) is 11.4 Å². The minimum Gasteiger partial charge on any atom is -0.506 e. The summed E-state index contributed by atoms with van der Waals surface area (Å²) in [6.45, 7) is 0. The maximum Gasteiger partial charge on any atom is 1.00 e. The molecule has 0 aliphatic carbocycles. The van der Waals surface area contributed by atoms with Crippen LogP contribution in [-0.4, -0.2) is 21.3 Å². The number of H-pyrrole nitrogens is 2. The predicted molar refractivity (Wildman–Crippen MR) is 73.1 cm³/mol. The first-order chi connectivity index (χ1) is 8.97. The third-order valence-electron chi connectivity index (χ3n) is 2.20. The molecule has 0 bridgehead atoms. The second-order valence-corrected chi connectivity index (χ2v) is 4.38. The van der Waals surface area contributed by atoms with Gasteiger partial charge in [-0.25, -0.2) is 9.79 Å². The van der Waals surface area contributed by atoms with E-state index < -0.39 is 11.2 Å². The largest absolute Gasteiger partial charge is 1.00 e. The molecule has 1 heterocycles. The summed E-state index contributed by atoms with van der Waals surface area (Å²) in [5, 5.41) is 10.1. The Kier molecular flexibility index (Phi) is 5.66. The number of aliphatic imine (C=N–C) groups is 1. The van der Waals surface area contributed by atoms with Gasteiger partial charge in [0.2, 0.25) is 0 Å². The molecule has 0 fully saturated rings. The van der Waals surface area contributed by atoms with Crippen LogP contribution in [0.25, 0.3) is 0 Å². The third kappa shape index (κ3) is 3.78. The first-order valence-electron chi connectivity index (χ1n) is 5.01. The van der Waals surface area contributed by atoms with Gasteiger partial charge in [-0.1, -0.05) is 23.2 Å². The molecule has 0 atom stereocenters. The molecule has 20 heavy (non-hydrogen) atoms. The molecule has 0 aliphatic rings. The summed E-state index contributed by atoms with van der Waals surface area (Å²) >= 11 is 11.5. The number of aromatic nitrogens is 2. The number of phenols is 1. The molecule has 1 aromatic carbocycles. The fourth-order valence-corrected chi connectivity index (χ4v) is 1.83. The minimum atomic E-state index is -0.646. The topological polar surface area (TPSA) is 98.3 Å². The van der Waals surface area contributed by atoms with E-state index in [2.05, 4.69) is 9.98 Å². The molecule has 6 nitrogen and oxygen atoms in total. The molecule has 0 unspecified atom stereocenters. The van der Waals surface area contributed by atoms with Crippen LogP contribution in [0.5, 0.6) is 5.75 Å². The second-order valence-electron chi connectivity index (χ2n) is 3.54. The summed E-state index contributed by atoms with van der Waals surface area (Å²) in [6.07, 6.45) is 2.37. The van der Waals surface area contributed by atoms with E-state index in [0.717, 1.165) is 6.20 Å². The molecule has 98 valence electrons. The summed E-state index contributed by atoms with van der Waals surface area (Å²) < 4.78 is 0. The van der Waals surface area contributed by atoms with Crippen LogP contribution in [0.2, 0.25) is 10.0 Å². The molecule has 0 spiro atoms. The average Bonchev–Trinajstić information content (AvgIpc) is 2.33. The van der Waals surface area contributed by atoms with Crippen LogP contribution < -0.4 is 30.1 Å². The van der Waals surface area contributed by atoms with Crippen molar-refractivity contribution < 1.29 is 24.0 Å². The van der Waals surface area contributed by atoms with E-state index in [4.69, 9.17) is 23.2 Å². The number of nitrogens with zero attached hydrogens (tertiary/aromatic N) is 1. The van der Waals surface area contributed by atoms with Crippen LogP contribution in [-0.2, 0) is 0 Å². The van der Waals surface area contributed by atoms with Gasteiger partial charge in [0, 0.05) is 23.0 Å². The van der Waals surface area contributed by atoms with Crippen molar-refractivity contribution in [2.45, 2.75) is 0 Å². The van der Waals surface area contributed by atoms with E-state index in [-0.39, 0.29) is 40.9 Å². The first kappa shape index (κ1) is 16.6. The van der Waals surface area contributed by atoms with Gasteiger partial charge in [0.05, 0.1) is 5.02 Å². The summed E-state index contributed by atoms with van der Waals surface area (Å²) in [5.74, 6) is -0.198. The first-order valence-corrected chi connectivity index (χ1v) is 5.77. The Balaban J connectivity index is 0.00000200. The molecule has 0 amide bonds. The Labute approximate surface area is 134 Å². The van der Waals surface area contributed by atoms with E-state index in [9.17, 15) is 14.7 Å². The van der Waals surface area contributed by atoms with Crippen molar-refractivity contribution in [3.63, 3.8) is 0 Å². The number of hydrogen-bond donors (Lipinski definition) is 3. The van der Waals surface area contributed by atoms with Crippen molar-refractivity contribution in [3.05, 3.63) is 54.8 Å². The zero-order valence-corrected chi connectivity index (χ0v) is 11.8. The Hall–Kier alpha value is -1.45. The van der Waals surface area contributed by atoms with Crippen LogP contribution in [0.1, 0.15) is 5.56 Å². The predicted octanol–water partition coefficient (Wildman–Crippen LogP) is -1.17. The molecule has 1 aromatic heterocycles. The maximum absolute atomic E-state index is 11.4. The van der Waals surface area contributed by atoms with Crippen LogP contribution in [0.15, 0.2) is 32.9 Å². The Morgan fingerprint density at radius 3 is 2.60 bits per heavy atom. The van der Waals surface area contributed by atoms with Gasteiger partial charge >= 0.3 is 24.6 Å². The number of rotatable bonds is 2. The molecule has 0 saturated carbocycles. The molecule has 9 heteroatoms. The smallest absolute Gasteiger partial charge is 0.506 e. The molecular weight excluding hydrogens is 300 g/mol. The fourth-order valence-electron chi connectivity index (χ4n) is 1.32. The van der Waals surface area contributed by atoms with Gasteiger partial charge in [-0.15, -0.1) is 0 Å². The van der Waals surface area contributed by atoms with Crippen LogP contribution in [0.4, 0.5) is 5.69 Å². The van der Waals surface area contributed by atoms with Gasteiger partial charge in [-0.3, -0.25) is 9.78 Å². The molecular formula is C11H7Cl2LiN3O3+. The molecule has 0 saturated heterocycles. The van der Waals surface area contributed by atoms with Crippen molar-refractivity contribution >= 4 is 35.1 Å². The van der Waals surface area contributed by atoms with Crippen molar-refractivity contribution in [3.8, 4) is 5.75 Å². The second kappa shape index (κ2) is 6.82. The van der Waals surface area contributed by atoms with Gasteiger partial charge in [0.15, 0.2) is 0 Å². The monoisotopic (exact) mass is 306 g/mol. The number of halogens is 2. The zero-order valence-electron chi connectivity index (χ0n) is 10.3. The number of aromatic amines is 2. The van der Waals surface area contributed by atoms with Crippen molar-refractivity contribution in [2.24, 2.45) is 4.99 Å². The van der Waals surface area contributed by atoms with Crippen molar-refractivity contribution in [1.82, 2.24) is 9.97 Å². The van der Waals surface area contributed by atoms with Gasteiger partial charge in [0.25, 0.3) is 5.56 Å². The summed E-state index contributed by atoms with van der Waals surface area (Å²) in [7, 11) is 0. The summed E-state index contributed by atoms with van der Waals surface area (Å²) in [6, 6.07) is 2.81. The maximum atomic E-state index is 11.4. The van der Waals surface area contributed by atoms with Crippen LogP contribution in [0, 0.1) is 0 Å². The van der Waals surface area contributed by atoms with Gasteiger partial charge in [-0.2, -0.15) is 0 Å². The third-order valence-corrected chi connectivity index (χ3v) is 2.71. The number of aromatic hydroxyl groups is 1. The van der Waals surface area contributed by atoms with Gasteiger partial charge in [-0.05, 0) is 12.1 Å². The van der Waals surface area contributed by atoms with E-state index in [0.29, 0.717) is 5.02 Å². The number of benzene rings is 1. The minimum absolute atomic E-state index is 0. The Morgan fingerprint density at radius 1 is 1.25 bits per heavy atom. The quantitative estimate of drug-likeness (QED) is 0.482. The summed E-state index contributed by atoms with van der Waals surface area (Å²) in [5.41, 5.74) is -1.04. The van der Waals surface area contributed by atoms with E-state index >= 15 is 0 Å². The average molecular weight is 307 g/mol. The van der Waals surface area contributed by atoms with E-state index in [1.54, 1.807) is 0 Å². The zero-order chi connectivity index (χ0) is 14.0. The van der Waals surface area contributed by atoms with Crippen LogP contribution >= 0.6 is 23.2 Å². The SMILES string of the molecule is O=c1[nH]cc(N=Cc2cc(Cl)cc(Cl)c2O)c(=O)[nH]1.[Li+]. The fraction of sp³-hybridized carbons (Fsp3) is 0. The van der Waals surface area contributed by atoms with Crippen molar-refractivity contribution in [2.75, 3.05) is 0 Å². The molecule has 3 N–H and O–H groups in total. The van der Waals surface area contributed by atoms with E-state index in [1.807, 2.05) is 4.98 Å². The van der Waals surface area contributed by atoms with Gasteiger partial charge < -0.3 is 10.1 Å². The molecule has 0 radical (unpaired) electrons. The van der Waals surface area contributed by atoms with Crippen LogP contribution in [0.3, 0.4) is 0 Å². The number of hydrogen-bond acceptors (Lipinski definition) is 4. The Morgan fingerprint density at radius 2 is 1.95 bits per heavy atom. The van der Waals surface area contributed by atoms with E-state index in [1.165, 1.54) is 18.3 Å².